The number of ether oxygens (including phenoxy) is 7. The number of carbonyl (C=O) groups is 3. The number of methoxy groups -OCH3 is 1. The Kier molecular flexibility index (Phi) is 14.0. The smallest absolute Gasteiger partial charge is 0.338 e. The van der Waals surface area contributed by atoms with Gasteiger partial charge >= 0.3 is 11.9 Å². The van der Waals surface area contributed by atoms with Crippen LogP contribution in [0.15, 0.2) is 35.9 Å². The number of Topliss-reactive ketones (excluding diaryl/α,β-unsaturated/α-hetero) is 1. The minimum Gasteiger partial charge on any atom is -0.497 e. The van der Waals surface area contributed by atoms with Crippen LogP contribution in [-0.4, -0.2) is 131 Å². The van der Waals surface area contributed by atoms with Crippen LogP contribution >= 0.6 is 0 Å². The van der Waals surface area contributed by atoms with Gasteiger partial charge in [0.1, 0.15) is 41.5 Å². The highest BCUT2D eigenvalue weighted by Crippen LogP contribution is 2.69. The third kappa shape index (κ3) is 8.62. The van der Waals surface area contributed by atoms with Gasteiger partial charge in [0.25, 0.3) is 0 Å². The molecule has 6 aliphatic rings. The minimum absolute atomic E-state index is 0.0591. The first-order valence-electron chi connectivity index (χ1n) is 22.6. The maximum atomic E-state index is 14.2. The molecule has 2 saturated heterocycles. The molecule has 2 heterocycles. The lowest BCUT2D eigenvalue weighted by atomic mass is 9.46. The van der Waals surface area contributed by atoms with Gasteiger partial charge in [-0.3, -0.25) is 9.59 Å². The number of benzene rings is 1. The van der Waals surface area contributed by atoms with Crippen molar-refractivity contribution in [2.75, 3.05) is 20.3 Å². The van der Waals surface area contributed by atoms with Gasteiger partial charge in [0.15, 0.2) is 24.8 Å². The standard InChI is InChI=1S/C47H68O15/c1-24(2)8-15-34(50)25(3)47(55)37(21-33-31-14-11-28-20-29(49)16-18-45(28,5)32(31)17-19-46(33,47)6)60-44-41(59-26(4)48)39(36(52)23-58-44)62-43-40(38(53)35(51)22-57-43)61-42(54)27-9-12-30(56-7)13-10-27/h9-13,24-25,29,31-33,35-41,43-44,49,51-53,55H,8,14-23H2,1-7H3/t25-,29+,31-,32+,33+,35-,36+,37+,38+,39-,40+,41-,43+,44+,45+,46+,47-/m1/s1. The van der Waals surface area contributed by atoms with Gasteiger partial charge in [-0.25, -0.2) is 4.79 Å². The summed E-state index contributed by atoms with van der Waals surface area (Å²) in [6, 6.07) is 6.05. The van der Waals surface area contributed by atoms with E-state index in [9.17, 15) is 39.9 Å². The Morgan fingerprint density at radius 2 is 1.53 bits per heavy atom. The summed E-state index contributed by atoms with van der Waals surface area (Å²) in [4.78, 5) is 40.3. The van der Waals surface area contributed by atoms with E-state index in [4.69, 9.17) is 33.2 Å². The predicted octanol–water partition coefficient (Wildman–Crippen LogP) is 4.02. The fraction of sp³-hybridized carbons (Fsp3) is 0.766. The molecule has 5 fully saturated rings. The van der Waals surface area contributed by atoms with Crippen LogP contribution in [0, 0.1) is 40.4 Å². The van der Waals surface area contributed by atoms with E-state index in [1.807, 2.05) is 0 Å². The molecular formula is C47H68O15. The van der Waals surface area contributed by atoms with E-state index in [1.165, 1.54) is 31.7 Å². The molecule has 7 rings (SSSR count). The van der Waals surface area contributed by atoms with Gasteiger partial charge in [0.2, 0.25) is 0 Å². The highest BCUT2D eigenvalue weighted by Gasteiger charge is 2.70. The van der Waals surface area contributed by atoms with Crippen LogP contribution in [0.2, 0.25) is 0 Å². The molecule has 1 aromatic rings. The molecule has 346 valence electrons. The van der Waals surface area contributed by atoms with Crippen molar-refractivity contribution in [3.63, 3.8) is 0 Å². The molecule has 0 unspecified atom stereocenters. The molecule has 0 spiro atoms. The zero-order valence-corrected chi connectivity index (χ0v) is 37.1. The zero-order valence-electron chi connectivity index (χ0n) is 37.1. The Labute approximate surface area is 364 Å². The number of hydrogen-bond acceptors (Lipinski definition) is 15. The number of carbonyl (C=O) groups excluding carboxylic acids is 3. The molecule has 1 aromatic carbocycles. The number of fused-ring (bicyclic) bond motifs is 5. The summed E-state index contributed by atoms with van der Waals surface area (Å²) in [6.07, 6.45) is -5.12. The highest BCUT2D eigenvalue weighted by atomic mass is 16.8. The van der Waals surface area contributed by atoms with Crippen LogP contribution in [0.3, 0.4) is 0 Å². The lowest BCUT2D eigenvalue weighted by Gasteiger charge is -2.59. The number of aliphatic hydroxyl groups is 5. The van der Waals surface area contributed by atoms with Crippen LogP contribution in [0.4, 0.5) is 0 Å². The lowest BCUT2D eigenvalue weighted by molar-refractivity contribution is -0.345. The minimum atomic E-state index is -1.67. The number of ketones is 1. The molecule has 2 aliphatic heterocycles. The molecular weight excluding hydrogens is 805 g/mol. The molecule has 3 saturated carbocycles. The summed E-state index contributed by atoms with van der Waals surface area (Å²) in [5.41, 5.74) is -1.08. The summed E-state index contributed by atoms with van der Waals surface area (Å²) in [6.45, 7) is 10.7. The lowest BCUT2D eigenvalue weighted by Crippen LogP contribution is -2.64. The van der Waals surface area contributed by atoms with E-state index in [1.54, 1.807) is 19.1 Å². The molecule has 17 atom stereocenters. The first-order valence-corrected chi connectivity index (χ1v) is 22.6. The van der Waals surface area contributed by atoms with Gasteiger partial charge in [0, 0.05) is 24.7 Å². The van der Waals surface area contributed by atoms with E-state index < -0.39 is 90.8 Å². The molecule has 15 nitrogen and oxygen atoms in total. The summed E-state index contributed by atoms with van der Waals surface area (Å²) >= 11 is 0. The number of hydrogen-bond donors (Lipinski definition) is 5. The molecule has 0 radical (unpaired) electrons. The zero-order chi connectivity index (χ0) is 44.9. The Hall–Kier alpha value is -2.99. The van der Waals surface area contributed by atoms with E-state index in [2.05, 4.69) is 33.8 Å². The normalized spacial score (nSPS) is 42.1. The van der Waals surface area contributed by atoms with Crippen molar-refractivity contribution in [3.8, 4) is 5.75 Å². The van der Waals surface area contributed by atoms with Crippen LogP contribution in [-0.2, 0) is 38.0 Å². The van der Waals surface area contributed by atoms with E-state index >= 15 is 0 Å². The van der Waals surface area contributed by atoms with Crippen molar-refractivity contribution >= 4 is 17.7 Å². The predicted molar refractivity (Wildman–Crippen MR) is 221 cm³/mol. The molecule has 15 heteroatoms. The molecule has 0 amide bonds. The van der Waals surface area contributed by atoms with Gasteiger partial charge in [-0.15, -0.1) is 0 Å². The maximum Gasteiger partial charge on any atom is 0.338 e. The second-order valence-electron chi connectivity index (χ2n) is 19.7. The first kappa shape index (κ1) is 47.0. The monoisotopic (exact) mass is 872 g/mol. The first-order chi connectivity index (χ1) is 29.3. The second-order valence-corrected chi connectivity index (χ2v) is 19.7. The van der Waals surface area contributed by atoms with Crippen LogP contribution in [0.1, 0.15) is 110 Å². The summed E-state index contributed by atoms with van der Waals surface area (Å²) in [5.74, 6) is -1.30. The average molecular weight is 873 g/mol. The van der Waals surface area contributed by atoms with Gasteiger partial charge in [-0.05, 0) is 105 Å². The maximum absolute atomic E-state index is 14.2. The fourth-order valence-electron chi connectivity index (χ4n) is 12.1. The second kappa shape index (κ2) is 18.5. The largest absolute Gasteiger partial charge is 0.497 e. The van der Waals surface area contributed by atoms with Gasteiger partial charge < -0.3 is 58.7 Å². The average Bonchev–Trinajstić information content (AvgIpc) is 3.47. The van der Waals surface area contributed by atoms with Crippen molar-refractivity contribution in [2.45, 2.75) is 166 Å². The van der Waals surface area contributed by atoms with Crippen molar-refractivity contribution in [2.24, 2.45) is 40.4 Å². The molecule has 0 bridgehead atoms. The van der Waals surface area contributed by atoms with Crippen LogP contribution in [0.25, 0.3) is 0 Å². The summed E-state index contributed by atoms with van der Waals surface area (Å²) in [5, 5.41) is 57.1. The fourth-order valence-corrected chi connectivity index (χ4v) is 12.1. The number of esters is 2. The molecule has 4 aliphatic carbocycles. The Bertz CT molecular complexity index is 1800. The number of allylic oxidation sites excluding steroid dienone is 1. The Morgan fingerprint density at radius 1 is 0.855 bits per heavy atom. The summed E-state index contributed by atoms with van der Waals surface area (Å²) in [7, 11) is 1.48. The van der Waals surface area contributed by atoms with Crippen molar-refractivity contribution in [3.05, 3.63) is 41.5 Å². The Morgan fingerprint density at radius 3 is 2.19 bits per heavy atom. The molecule has 62 heavy (non-hydrogen) atoms. The number of rotatable bonds is 13. The van der Waals surface area contributed by atoms with E-state index in [0.29, 0.717) is 37.4 Å². The SMILES string of the molecule is COc1ccc(C(=O)O[C@@H]2[C@H](O[C@H]3[C@@H](OC(C)=O)[C@H](O[C@H]4C[C@H]5[C@@H]6CC=C7C[C@@H](O)CC[C@]7(C)[C@H]6CC[C@]5(C)[C@@]4(O)[C@H](C)C(=O)CCC(C)C)OC[C@@H]3O)OC[C@@H](O)[C@@H]2O)cc1. The third-order valence-corrected chi connectivity index (χ3v) is 15.7. The Balaban J connectivity index is 1.18. The topological polar surface area (TPSA) is 217 Å². The molecule has 0 aromatic heterocycles. The number of aliphatic hydroxyl groups excluding tert-OH is 4. The highest BCUT2D eigenvalue weighted by molar-refractivity contribution is 5.89. The van der Waals surface area contributed by atoms with Crippen LogP contribution < -0.4 is 4.74 Å². The molecule has 5 N–H and O–H groups in total. The van der Waals surface area contributed by atoms with E-state index in [-0.39, 0.29) is 53.6 Å². The van der Waals surface area contributed by atoms with Gasteiger partial charge in [-0.1, -0.05) is 46.3 Å². The van der Waals surface area contributed by atoms with Gasteiger partial charge in [0.05, 0.1) is 38.1 Å². The van der Waals surface area contributed by atoms with Crippen molar-refractivity contribution < 1.29 is 73.1 Å². The quantitative estimate of drug-likeness (QED) is 0.140. The van der Waals surface area contributed by atoms with Gasteiger partial charge in [-0.2, -0.15) is 0 Å². The van der Waals surface area contributed by atoms with E-state index in [0.717, 1.165) is 25.7 Å². The van der Waals surface area contributed by atoms with Crippen molar-refractivity contribution in [1.82, 2.24) is 0 Å². The van der Waals surface area contributed by atoms with Crippen LogP contribution in [0.5, 0.6) is 5.75 Å². The van der Waals surface area contributed by atoms with Crippen molar-refractivity contribution in [1.29, 1.82) is 0 Å². The third-order valence-electron chi connectivity index (χ3n) is 15.7. The summed E-state index contributed by atoms with van der Waals surface area (Å²) < 4.78 is 41.7.